The summed E-state index contributed by atoms with van der Waals surface area (Å²) in [5.41, 5.74) is 7.05. The summed E-state index contributed by atoms with van der Waals surface area (Å²) in [5, 5.41) is 0. The van der Waals surface area contributed by atoms with Gasteiger partial charge in [-0.25, -0.2) is 0 Å². The van der Waals surface area contributed by atoms with E-state index in [0.717, 1.165) is 56.2 Å². The summed E-state index contributed by atoms with van der Waals surface area (Å²) >= 11 is 0. The van der Waals surface area contributed by atoms with Gasteiger partial charge in [0.25, 0.3) is 0 Å². The monoisotopic (exact) mass is 307 g/mol. The van der Waals surface area contributed by atoms with Crippen molar-refractivity contribution in [1.29, 1.82) is 0 Å². The normalized spacial score (nSPS) is 18.2. The molecule has 1 atom stereocenters. The number of nitrogens with zero attached hydrogens (tertiary/aromatic N) is 2. The molecule has 1 aliphatic rings. The SMILES string of the molecule is COc1cccc(CC(C)N)c1OCCN1CCN(C)CC1. The van der Waals surface area contributed by atoms with Gasteiger partial charge in [-0.1, -0.05) is 12.1 Å². The molecule has 22 heavy (non-hydrogen) atoms. The molecule has 1 saturated heterocycles. The van der Waals surface area contributed by atoms with Crippen LogP contribution in [-0.2, 0) is 6.42 Å². The van der Waals surface area contributed by atoms with Gasteiger partial charge in [-0.2, -0.15) is 0 Å². The number of benzene rings is 1. The first-order valence-electron chi connectivity index (χ1n) is 8.05. The lowest BCUT2D eigenvalue weighted by molar-refractivity contribution is 0.132. The van der Waals surface area contributed by atoms with E-state index in [1.165, 1.54) is 0 Å². The smallest absolute Gasteiger partial charge is 0.164 e. The molecule has 0 spiro atoms. The topological polar surface area (TPSA) is 51.0 Å². The highest BCUT2D eigenvalue weighted by atomic mass is 16.5. The number of rotatable bonds is 7. The third-order valence-corrected chi connectivity index (χ3v) is 4.07. The summed E-state index contributed by atoms with van der Waals surface area (Å²) in [6.45, 7) is 8.11. The third-order valence-electron chi connectivity index (χ3n) is 4.07. The standard InChI is InChI=1S/C17H29N3O2/c1-14(18)13-15-5-4-6-16(21-3)17(15)22-12-11-20-9-7-19(2)8-10-20/h4-6,14H,7-13,18H2,1-3H3. The number of nitrogens with two attached hydrogens (primary N) is 1. The quantitative estimate of drug-likeness (QED) is 0.820. The van der Waals surface area contributed by atoms with Crippen LogP contribution in [0.5, 0.6) is 11.5 Å². The van der Waals surface area contributed by atoms with Crippen LogP contribution in [0.15, 0.2) is 18.2 Å². The van der Waals surface area contributed by atoms with Gasteiger partial charge in [-0.05, 0) is 32.0 Å². The molecule has 0 radical (unpaired) electrons. The highest BCUT2D eigenvalue weighted by Crippen LogP contribution is 2.31. The Morgan fingerprint density at radius 2 is 1.95 bits per heavy atom. The van der Waals surface area contributed by atoms with E-state index in [1.807, 2.05) is 19.1 Å². The molecule has 5 nitrogen and oxygen atoms in total. The first kappa shape index (κ1) is 17.1. The first-order chi connectivity index (χ1) is 10.6. The van der Waals surface area contributed by atoms with Crippen molar-refractivity contribution in [2.75, 3.05) is 53.5 Å². The Kier molecular flexibility index (Phi) is 6.49. The summed E-state index contributed by atoms with van der Waals surface area (Å²) in [6.07, 6.45) is 0.793. The predicted molar refractivity (Wildman–Crippen MR) is 89.8 cm³/mol. The van der Waals surface area contributed by atoms with E-state index >= 15 is 0 Å². The average molecular weight is 307 g/mol. The average Bonchev–Trinajstić information content (AvgIpc) is 2.50. The van der Waals surface area contributed by atoms with Gasteiger partial charge in [0, 0.05) is 38.8 Å². The lowest BCUT2D eigenvalue weighted by atomic mass is 10.1. The second-order valence-corrected chi connectivity index (χ2v) is 6.12. The minimum absolute atomic E-state index is 0.104. The van der Waals surface area contributed by atoms with E-state index in [1.54, 1.807) is 7.11 Å². The molecule has 1 aromatic carbocycles. The largest absolute Gasteiger partial charge is 0.493 e. The van der Waals surface area contributed by atoms with E-state index < -0.39 is 0 Å². The number of likely N-dealkylation sites (N-methyl/N-ethyl adjacent to an activating group) is 1. The molecule has 1 unspecified atom stereocenters. The van der Waals surface area contributed by atoms with Crippen LogP contribution < -0.4 is 15.2 Å². The van der Waals surface area contributed by atoms with Crippen LogP contribution in [0.3, 0.4) is 0 Å². The summed E-state index contributed by atoms with van der Waals surface area (Å²) in [6, 6.07) is 6.10. The predicted octanol–water partition coefficient (Wildman–Crippen LogP) is 1.21. The van der Waals surface area contributed by atoms with Gasteiger partial charge >= 0.3 is 0 Å². The maximum absolute atomic E-state index is 6.05. The molecule has 5 heteroatoms. The Morgan fingerprint density at radius 3 is 2.59 bits per heavy atom. The lowest BCUT2D eigenvalue weighted by Gasteiger charge is -2.32. The van der Waals surface area contributed by atoms with Crippen LogP contribution in [0.25, 0.3) is 0 Å². The number of methoxy groups -OCH3 is 1. The van der Waals surface area contributed by atoms with Crippen molar-refractivity contribution in [3.05, 3.63) is 23.8 Å². The van der Waals surface area contributed by atoms with Crippen LogP contribution >= 0.6 is 0 Å². The fourth-order valence-corrected chi connectivity index (χ4v) is 2.74. The van der Waals surface area contributed by atoms with Crippen molar-refractivity contribution in [1.82, 2.24) is 9.80 Å². The number of hydrogen-bond acceptors (Lipinski definition) is 5. The van der Waals surface area contributed by atoms with Crippen molar-refractivity contribution >= 4 is 0 Å². The first-order valence-corrected chi connectivity index (χ1v) is 8.05. The molecular formula is C17H29N3O2. The van der Waals surface area contributed by atoms with E-state index in [0.29, 0.717) is 6.61 Å². The summed E-state index contributed by atoms with van der Waals surface area (Å²) in [7, 11) is 3.85. The van der Waals surface area contributed by atoms with Gasteiger partial charge in [0.05, 0.1) is 7.11 Å². The van der Waals surface area contributed by atoms with Crippen LogP contribution in [-0.4, -0.2) is 69.3 Å². The fourth-order valence-electron chi connectivity index (χ4n) is 2.74. The summed E-state index contributed by atoms with van der Waals surface area (Å²) in [5.74, 6) is 1.63. The Bertz CT molecular complexity index is 457. The van der Waals surface area contributed by atoms with Crippen molar-refractivity contribution in [2.24, 2.45) is 5.73 Å². The number of piperazine rings is 1. The van der Waals surface area contributed by atoms with Crippen molar-refractivity contribution in [3.8, 4) is 11.5 Å². The fraction of sp³-hybridized carbons (Fsp3) is 0.647. The minimum Gasteiger partial charge on any atom is -0.493 e. The van der Waals surface area contributed by atoms with Crippen LogP contribution in [0.2, 0.25) is 0 Å². The second-order valence-electron chi connectivity index (χ2n) is 6.12. The second kappa shape index (κ2) is 8.36. The van der Waals surface area contributed by atoms with Crippen LogP contribution in [0, 0.1) is 0 Å². The molecular weight excluding hydrogens is 278 g/mol. The number of hydrogen-bond donors (Lipinski definition) is 1. The van der Waals surface area contributed by atoms with Gasteiger partial charge in [-0.3, -0.25) is 4.90 Å². The lowest BCUT2D eigenvalue weighted by Crippen LogP contribution is -2.45. The zero-order chi connectivity index (χ0) is 15.9. The van der Waals surface area contributed by atoms with Gasteiger partial charge in [0.2, 0.25) is 0 Å². The highest BCUT2D eigenvalue weighted by Gasteiger charge is 2.15. The molecule has 2 rings (SSSR count). The van der Waals surface area contributed by atoms with E-state index in [-0.39, 0.29) is 6.04 Å². The summed E-state index contributed by atoms with van der Waals surface area (Å²) < 4.78 is 11.5. The third kappa shape index (κ3) is 4.87. The summed E-state index contributed by atoms with van der Waals surface area (Å²) in [4.78, 5) is 4.80. The van der Waals surface area contributed by atoms with E-state index in [4.69, 9.17) is 15.2 Å². The molecule has 0 amide bonds. The molecule has 0 aliphatic carbocycles. The Balaban J connectivity index is 1.93. The molecule has 1 fully saturated rings. The molecule has 2 N–H and O–H groups in total. The Morgan fingerprint density at radius 1 is 1.23 bits per heavy atom. The van der Waals surface area contributed by atoms with Crippen molar-refractivity contribution < 1.29 is 9.47 Å². The van der Waals surface area contributed by atoms with E-state index in [2.05, 4.69) is 22.9 Å². The van der Waals surface area contributed by atoms with E-state index in [9.17, 15) is 0 Å². The number of ether oxygens (including phenoxy) is 2. The minimum atomic E-state index is 0.104. The molecule has 124 valence electrons. The molecule has 1 aromatic rings. The molecule has 0 aromatic heterocycles. The van der Waals surface area contributed by atoms with Gasteiger partial charge in [0.1, 0.15) is 6.61 Å². The molecule has 1 heterocycles. The van der Waals surface area contributed by atoms with Crippen LogP contribution in [0.4, 0.5) is 0 Å². The zero-order valence-corrected chi connectivity index (χ0v) is 14.0. The molecule has 1 aliphatic heterocycles. The number of para-hydroxylation sites is 1. The Hall–Kier alpha value is -1.30. The molecule has 0 bridgehead atoms. The van der Waals surface area contributed by atoms with Gasteiger partial charge in [-0.15, -0.1) is 0 Å². The Labute approximate surface area is 134 Å². The maximum atomic E-state index is 6.05. The molecule has 0 saturated carbocycles. The maximum Gasteiger partial charge on any atom is 0.164 e. The van der Waals surface area contributed by atoms with Crippen molar-refractivity contribution in [2.45, 2.75) is 19.4 Å². The van der Waals surface area contributed by atoms with Crippen molar-refractivity contribution in [3.63, 3.8) is 0 Å². The zero-order valence-electron chi connectivity index (χ0n) is 14.0. The van der Waals surface area contributed by atoms with Crippen LogP contribution in [0.1, 0.15) is 12.5 Å². The highest BCUT2D eigenvalue weighted by molar-refractivity contribution is 5.47. The van der Waals surface area contributed by atoms with Gasteiger partial charge in [0.15, 0.2) is 11.5 Å². The van der Waals surface area contributed by atoms with Gasteiger partial charge < -0.3 is 20.1 Å².